The maximum absolute atomic E-state index is 4.67. The fourth-order valence-electron chi connectivity index (χ4n) is 6.58. The Hall–Kier alpha value is -4.70. The van der Waals surface area contributed by atoms with Crippen LogP contribution in [0.1, 0.15) is 0 Å². The second-order valence-corrected chi connectivity index (χ2v) is 12.8. The lowest BCUT2D eigenvalue weighted by Gasteiger charge is -2.19. The Morgan fingerprint density at radius 3 is 2.05 bits per heavy atom. The Morgan fingerprint density at radius 2 is 1.17 bits per heavy atom. The number of hydrogen-bond acceptors (Lipinski definition) is 3. The van der Waals surface area contributed by atoms with Crippen LogP contribution in [0.3, 0.4) is 0 Å². The van der Waals surface area contributed by atoms with Crippen LogP contribution in [0.25, 0.3) is 74.4 Å². The normalized spacial score (nSPS) is 11.9. The first kappa shape index (κ1) is 24.0. The molecule has 0 bridgehead atoms. The van der Waals surface area contributed by atoms with E-state index in [2.05, 4.69) is 139 Å². The van der Waals surface area contributed by atoms with Crippen molar-refractivity contribution in [3.8, 4) is 11.1 Å². The predicted molar refractivity (Wildman–Crippen MR) is 183 cm³/mol. The Kier molecular flexibility index (Phi) is 5.37. The van der Waals surface area contributed by atoms with Crippen LogP contribution in [-0.2, 0) is 0 Å². The van der Waals surface area contributed by atoms with Gasteiger partial charge in [0.2, 0.25) is 0 Å². The van der Waals surface area contributed by atoms with Gasteiger partial charge in [-0.25, -0.2) is 0 Å². The molecule has 9 rings (SSSR count). The number of hydrogen-bond donors (Lipinski definition) is 0. The fourth-order valence-corrected chi connectivity index (χ4v) is 9.04. The van der Waals surface area contributed by atoms with Crippen LogP contribution in [0, 0.1) is 0 Å². The van der Waals surface area contributed by atoms with Gasteiger partial charge >= 0.3 is 0 Å². The molecule has 0 atom stereocenters. The van der Waals surface area contributed by atoms with Gasteiger partial charge in [0.25, 0.3) is 0 Å². The SMILES string of the molecule is c1ccc2c(c1)cc(-c1c3ccccc3c(Sc3cccc4sc5ccccc5c34)c3ccncc13)c1ccccc12. The first-order valence-electron chi connectivity index (χ1n) is 14.1. The average Bonchev–Trinajstić information content (AvgIpc) is 3.44. The minimum Gasteiger partial charge on any atom is -0.264 e. The van der Waals surface area contributed by atoms with Crippen LogP contribution in [0.2, 0.25) is 0 Å². The highest BCUT2D eigenvalue weighted by atomic mass is 32.2. The second-order valence-electron chi connectivity index (χ2n) is 10.7. The number of rotatable bonds is 3. The van der Waals surface area contributed by atoms with Gasteiger partial charge in [-0.3, -0.25) is 4.98 Å². The smallest absolute Gasteiger partial charge is 0.0366 e. The van der Waals surface area contributed by atoms with Gasteiger partial charge < -0.3 is 0 Å². The van der Waals surface area contributed by atoms with E-state index in [4.69, 9.17) is 0 Å². The standard InChI is InChI=1S/C39H23NS2/c1-2-11-25-24(10-1)22-32(27-13-4-3-12-26(25)27)37-28-14-5-6-15-29(28)39(30-20-21-40-23-33(30)37)42-36-19-9-18-35-38(36)31-16-7-8-17-34(31)41-35/h1-23H. The van der Waals surface area contributed by atoms with Crippen molar-refractivity contribution in [1.82, 2.24) is 4.98 Å². The molecular formula is C39H23NS2. The lowest BCUT2D eigenvalue weighted by atomic mass is 9.88. The summed E-state index contributed by atoms with van der Waals surface area (Å²) in [6, 6.07) is 46.5. The summed E-state index contributed by atoms with van der Waals surface area (Å²) >= 11 is 3.76. The van der Waals surface area contributed by atoms with Crippen molar-refractivity contribution >= 4 is 86.4 Å². The predicted octanol–water partition coefficient (Wildman–Crippen LogP) is 11.9. The van der Waals surface area contributed by atoms with Gasteiger partial charge in [0.15, 0.2) is 0 Å². The van der Waals surface area contributed by atoms with E-state index in [-0.39, 0.29) is 0 Å². The molecule has 0 saturated heterocycles. The Bertz CT molecular complexity index is 2450. The molecule has 0 fully saturated rings. The molecule has 0 amide bonds. The molecule has 0 unspecified atom stereocenters. The first-order valence-corrected chi connectivity index (χ1v) is 15.8. The molecule has 9 aromatic rings. The van der Waals surface area contributed by atoms with Gasteiger partial charge in [-0.2, -0.15) is 0 Å². The zero-order chi connectivity index (χ0) is 27.6. The Labute approximate surface area is 251 Å². The van der Waals surface area contributed by atoms with Crippen LogP contribution in [0.4, 0.5) is 0 Å². The lowest BCUT2D eigenvalue weighted by Crippen LogP contribution is -1.92. The maximum Gasteiger partial charge on any atom is 0.0366 e. The summed E-state index contributed by atoms with van der Waals surface area (Å²) < 4.78 is 2.66. The number of aromatic nitrogens is 1. The van der Waals surface area contributed by atoms with Gasteiger partial charge in [0.1, 0.15) is 0 Å². The molecule has 2 aromatic heterocycles. The van der Waals surface area contributed by atoms with E-state index in [1.54, 1.807) is 0 Å². The van der Waals surface area contributed by atoms with Crippen LogP contribution in [0.15, 0.2) is 150 Å². The van der Waals surface area contributed by atoms with Gasteiger partial charge in [-0.05, 0) is 79.2 Å². The fraction of sp³-hybridized carbons (Fsp3) is 0. The van der Waals surface area contributed by atoms with Crippen molar-refractivity contribution < 1.29 is 0 Å². The summed E-state index contributed by atoms with van der Waals surface area (Å²) in [5, 5.41) is 12.7. The third-order valence-electron chi connectivity index (χ3n) is 8.39. The van der Waals surface area contributed by atoms with Crippen molar-refractivity contribution in [3.63, 3.8) is 0 Å². The van der Waals surface area contributed by atoms with Gasteiger partial charge in [-0.1, -0.05) is 109 Å². The number of fused-ring (bicyclic) bond motifs is 8. The van der Waals surface area contributed by atoms with E-state index < -0.39 is 0 Å². The van der Waals surface area contributed by atoms with Crippen molar-refractivity contribution in [2.75, 3.05) is 0 Å². The topological polar surface area (TPSA) is 12.9 Å². The summed E-state index contributed by atoms with van der Waals surface area (Å²) in [4.78, 5) is 7.24. The first-order chi connectivity index (χ1) is 20.8. The number of pyridine rings is 1. The minimum atomic E-state index is 1.18. The highest BCUT2D eigenvalue weighted by molar-refractivity contribution is 8.00. The molecule has 0 radical (unpaired) electrons. The maximum atomic E-state index is 4.67. The van der Waals surface area contributed by atoms with Gasteiger partial charge in [0.05, 0.1) is 0 Å². The average molecular weight is 570 g/mol. The monoisotopic (exact) mass is 569 g/mol. The van der Waals surface area contributed by atoms with E-state index in [0.717, 1.165) is 0 Å². The van der Waals surface area contributed by atoms with E-state index in [1.807, 2.05) is 29.3 Å². The third kappa shape index (κ3) is 3.54. The van der Waals surface area contributed by atoms with Crippen molar-refractivity contribution in [2.45, 2.75) is 9.79 Å². The van der Waals surface area contributed by atoms with Crippen molar-refractivity contribution in [2.24, 2.45) is 0 Å². The quantitative estimate of drug-likeness (QED) is 0.155. The molecule has 196 valence electrons. The molecule has 0 aliphatic rings. The number of benzene rings is 7. The molecule has 2 heterocycles. The van der Waals surface area contributed by atoms with Crippen molar-refractivity contribution in [1.29, 1.82) is 0 Å². The number of nitrogens with zero attached hydrogens (tertiary/aromatic N) is 1. The van der Waals surface area contributed by atoms with E-state index in [9.17, 15) is 0 Å². The summed E-state index contributed by atoms with van der Waals surface area (Å²) in [6.45, 7) is 0. The molecular weight excluding hydrogens is 547 g/mol. The van der Waals surface area contributed by atoms with E-state index in [1.165, 1.54) is 84.2 Å². The lowest BCUT2D eigenvalue weighted by molar-refractivity contribution is 1.36. The molecule has 0 spiro atoms. The Morgan fingerprint density at radius 1 is 0.500 bits per heavy atom. The second kappa shape index (κ2) is 9.42. The highest BCUT2D eigenvalue weighted by Crippen LogP contribution is 2.49. The van der Waals surface area contributed by atoms with E-state index >= 15 is 0 Å². The largest absolute Gasteiger partial charge is 0.264 e. The summed E-state index contributed by atoms with van der Waals surface area (Å²) in [5.74, 6) is 0. The van der Waals surface area contributed by atoms with Crippen LogP contribution < -0.4 is 0 Å². The Balaban J connectivity index is 1.38. The van der Waals surface area contributed by atoms with Gasteiger partial charge in [-0.15, -0.1) is 11.3 Å². The molecule has 3 heteroatoms. The third-order valence-corrected chi connectivity index (χ3v) is 10.7. The molecule has 0 aliphatic carbocycles. The van der Waals surface area contributed by atoms with E-state index in [0.29, 0.717) is 0 Å². The van der Waals surface area contributed by atoms with Crippen LogP contribution in [-0.4, -0.2) is 4.98 Å². The summed E-state index contributed by atoms with van der Waals surface area (Å²) in [7, 11) is 0. The molecule has 0 N–H and O–H groups in total. The zero-order valence-electron chi connectivity index (χ0n) is 22.5. The van der Waals surface area contributed by atoms with Crippen molar-refractivity contribution in [3.05, 3.63) is 140 Å². The molecule has 7 aromatic carbocycles. The molecule has 1 nitrogen and oxygen atoms in total. The highest BCUT2D eigenvalue weighted by Gasteiger charge is 2.20. The summed E-state index contributed by atoms with van der Waals surface area (Å²) in [6.07, 6.45) is 4.00. The minimum absolute atomic E-state index is 1.18. The molecule has 0 aliphatic heterocycles. The summed E-state index contributed by atoms with van der Waals surface area (Å²) in [5.41, 5.74) is 2.50. The zero-order valence-corrected chi connectivity index (χ0v) is 24.2. The molecule has 0 saturated carbocycles. The number of thiophene rings is 1. The van der Waals surface area contributed by atoms with Gasteiger partial charge in [0, 0.05) is 47.7 Å². The van der Waals surface area contributed by atoms with Crippen LogP contribution >= 0.6 is 23.1 Å². The van der Waals surface area contributed by atoms with Crippen LogP contribution in [0.5, 0.6) is 0 Å². The molecule has 42 heavy (non-hydrogen) atoms.